The maximum atomic E-state index is 13.2. The van der Waals surface area contributed by atoms with E-state index in [0.717, 1.165) is 21.5 Å². The molecule has 1 amide bonds. The Morgan fingerprint density at radius 3 is 2.31 bits per heavy atom. The third-order valence-electron chi connectivity index (χ3n) is 4.47. The van der Waals surface area contributed by atoms with Gasteiger partial charge in [-0.2, -0.15) is 10.2 Å². The molecule has 0 saturated carbocycles. The molecule has 0 aliphatic carbocycles. The highest BCUT2D eigenvalue weighted by molar-refractivity contribution is 9.10. The molecule has 2 aromatic heterocycles. The maximum absolute atomic E-state index is 13.2. The number of nitrogens with zero attached hydrogens (tertiary/aromatic N) is 4. The number of hydrogen-bond donors (Lipinski definition) is 1. The molecular formula is C21H17BrFN5O. The summed E-state index contributed by atoms with van der Waals surface area (Å²) < 4.78 is 17.5. The molecule has 0 atom stereocenters. The maximum Gasteiger partial charge on any atom is 0.260 e. The fraction of sp³-hybridized carbons (Fsp3) is 0.0952. The number of anilines is 1. The number of hydrogen-bond acceptors (Lipinski definition) is 3. The topological polar surface area (TPSA) is 64.7 Å². The van der Waals surface area contributed by atoms with Gasteiger partial charge in [0.05, 0.1) is 34.5 Å². The Labute approximate surface area is 175 Å². The van der Waals surface area contributed by atoms with Crippen molar-refractivity contribution in [2.24, 2.45) is 0 Å². The Morgan fingerprint density at radius 1 is 1.00 bits per heavy atom. The lowest BCUT2D eigenvalue weighted by Crippen LogP contribution is -2.16. The number of aryl methyl sites for hydroxylation is 1. The summed E-state index contributed by atoms with van der Waals surface area (Å²) in [6.07, 6.45) is 1.54. The van der Waals surface area contributed by atoms with E-state index < -0.39 is 0 Å². The molecule has 0 aliphatic rings. The molecule has 29 heavy (non-hydrogen) atoms. The smallest absolute Gasteiger partial charge is 0.260 e. The molecule has 2 aromatic carbocycles. The van der Waals surface area contributed by atoms with Crippen molar-refractivity contribution in [3.05, 3.63) is 88.0 Å². The normalized spacial score (nSPS) is 10.9. The Bertz CT molecular complexity index is 1180. The first-order valence-electron chi connectivity index (χ1n) is 8.87. The summed E-state index contributed by atoms with van der Waals surface area (Å²) in [5.74, 6) is -0.136. The molecule has 2 heterocycles. The zero-order chi connectivity index (χ0) is 20.5. The Morgan fingerprint density at radius 2 is 1.62 bits per heavy atom. The quantitative estimate of drug-likeness (QED) is 0.481. The predicted octanol–water partition coefficient (Wildman–Crippen LogP) is 4.83. The van der Waals surface area contributed by atoms with Crippen molar-refractivity contribution in [1.29, 1.82) is 0 Å². The van der Waals surface area contributed by atoms with Crippen molar-refractivity contribution in [3.63, 3.8) is 0 Å². The van der Waals surface area contributed by atoms with Gasteiger partial charge in [0.25, 0.3) is 5.91 Å². The van der Waals surface area contributed by atoms with Gasteiger partial charge in [-0.1, -0.05) is 15.9 Å². The van der Waals surface area contributed by atoms with Crippen LogP contribution in [0.25, 0.3) is 11.4 Å². The van der Waals surface area contributed by atoms with Crippen LogP contribution in [0.3, 0.4) is 0 Å². The number of amides is 1. The van der Waals surface area contributed by atoms with Crippen LogP contribution < -0.4 is 5.32 Å². The zero-order valence-corrected chi connectivity index (χ0v) is 17.3. The van der Waals surface area contributed by atoms with E-state index in [1.807, 2.05) is 38.1 Å². The first-order chi connectivity index (χ1) is 13.9. The lowest BCUT2D eigenvalue weighted by Gasteiger charge is -2.09. The van der Waals surface area contributed by atoms with Crippen LogP contribution in [-0.2, 0) is 0 Å². The summed E-state index contributed by atoms with van der Waals surface area (Å²) in [5.41, 5.74) is 3.41. The van der Waals surface area contributed by atoms with Crippen LogP contribution in [0.5, 0.6) is 0 Å². The Balaban J connectivity index is 1.63. The summed E-state index contributed by atoms with van der Waals surface area (Å²) in [5, 5.41) is 11.6. The minimum Gasteiger partial charge on any atom is -0.306 e. The fourth-order valence-corrected chi connectivity index (χ4v) is 3.29. The number of carbonyl (C=O) groups excluding carboxylic acids is 1. The van der Waals surface area contributed by atoms with Crippen LogP contribution in [0.1, 0.15) is 21.7 Å². The van der Waals surface area contributed by atoms with E-state index in [9.17, 15) is 9.18 Å². The van der Waals surface area contributed by atoms with Crippen molar-refractivity contribution < 1.29 is 9.18 Å². The highest BCUT2D eigenvalue weighted by atomic mass is 79.9. The van der Waals surface area contributed by atoms with E-state index in [-0.39, 0.29) is 11.7 Å². The lowest BCUT2D eigenvalue weighted by atomic mass is 10.2. The number of carbonyl (C=O) groups is 1. The van der Waals surface area contributed by atoms with Crippen LogP contribution in [-0.4, -0.2) is 25.5 Å². The van der Waals surface area contributed by atoms with E-state index in [0.29, 0.717) is 17.1 Å². The second-order valence-corrected chi connectivity index (χ2v) is 7.46. The largest absolute Gasteiger partial charge is 0.306 e. The molecule has 0 aliphatic heterocycles. The molecule has 0 saturated heterocycles. The van der Waals surface area contributed by atoms with Gasteiger partial charge < -0.3 is 5.32 Å². The van der Waals surface area contributed by atoms with Crippen LogP contribution in [0.2, 0.25) is 0 Å². The first-order valence-corrected chi connectivity index (χ1v) is 9.66. The van der Waals surface area contributed by atoms with E-state index in [4.69, 9.17) is 0 Å². The molecule has 4 rings (SSSR count). The molecule has 8 heteroatoms. The molecule has 0 radical (unpaired) electrons. The first kappa shape index (κ1) is 19.1. The number of aromatic nitrogens is 4. The van der Waals surface area contributed by atoms with Gasteiger partial charge in [0.2, 0.25) is 0 Å². The third kappa shape index (κ3) is 3.84. The molecule has 0 unspecified atom stereocenters. The summed E-state index contributed by atoms with van der Waals surface area (Å²) in [6, 6.07) is 15.3. The Kier molecular flexibility index (Phi) is 5.02. The molecule has 1 N–H and O–H groups in total. The van der Waals surface area contributed by atoms with Gasteiger partial charge in [-0.25, -0.2) is 13.8 Å². The van der Waals surface area contributed by atoms with Crippen LogP contribution in [0, 0.1) is 19.7 Å². The number of rotatable bonds is 4. The molecule has 0 fully saturated rings. The highest BCUT2D eigenvalue weighted by Gasteiger charge is 2.18. The lowest BCUT2D eigenvalue weighted by molar-refractivity contribution is 0.102. The van der Waals surface area contributed by atoms with Crippen molar-refractivity contribution in [2.75, 3.05) is 5.32 Å². The average Bonchev–Trinajstić information content (AvgIpc) is 3.25. The van der Waals surface area contributed by atoms with Gasteiger partial charge in [-0.05, 0) is 62.4 Å². The van der Waals surface area contributed by atoms with Gasteiger partial charge >= 0.3 is 0 Å². The van der Waals surface area contributed by atoms with Gasteiger partial charge in [-0.3, -0.25) is 4.79 Å². The standard InChI is InChI=1S/C21H17BrFN5O/c1-13-11-20(28(26-13)18-9-5-16(23)6-10-18)25-21(29)19-12-24-27(14(19)2)17-7-3-15(22)4-8-17/h3-12H,1-2H3,(H,25,29). The van der Waals surface area contributed by atoms with E-state index in [1.54, 1.807) is 27.6 Å². The van der Waals surface area contributed by atoms with Gasteiger partial charge in [0.15, 0.2) is 0 Å². The number of benzene rings is 2. The molecule has 6 nitrogen and oxygen atoms in total. The second kappa shape index (κ2) is 7.63. The molecule has 0 spiro atoms. The zero-order valence-electron chi connectivity index (χ0n) is 15.7. The van der Waals surface area contributed by atoms with Crippen LogP contribution >= 0.6 is 15.9 Å². The van der Waals surface area contributed by atoms with Gasteiger partial charge in [-0.15, -0.1) is 0 Å². The van der Waals surface area contributed by atoms with E-state index in [2.05, 4.69) is 31.4 Å². The van der Waals surface area contributed by atoms with Crippen LogP contribution in [0.4, 0.5) is 10.2 Å². The van der Waals surface area contributed by atoms with E-state index >= 15 is 0 Å². The minimum absolute atomic E-state index is 0.297. The fourth-order valence-electron chi connectivity index (χ4n) is 3.03. The van der Waals surface area contributed by atoms with Crippen molar-refractivity contribution in [3.8, 4) is 11.4 Å². The van der Waals surface area contributed by atoms with Crippen molar-refractivity contribution in [2.45, 2.75) is 13.8 Å². The van der Waals surface area contributed by atoms with Gasteiger partial charge in [0, 0.05) is 10.5 Å². The van der Waals surface area contributed by atoms with E-state index in [1.165, 1.54) is 18.3 Å². The predicted molar refractivity (Wildman–Crippen MR) is 112 cm³/mol. The number of halogens is 2. The SMILES string of the molecule is Cc1cc(NC(=O)c2cnn(-c3ccc(Br)cc3)c2C)n(-c2ccc(F)cc2)n1. The average molecular weight is 454 g/mol. The van der Waals surface area contributed by atoms with Crippen molar-refractivity contribution >= 4 is 27.7 Å². The minimum atomic E-state index is -0.334. The monoisotopic (exact) mass is 453 g/mol. The number of nitrogens with one attached hydrogen (secondary N) is 1. The summed E-state index contributed by atoms with van der Waals surface area (Å²) in [6.45, 7) is 3.67. The molecular weight excluding hydrogens is 437 g/mol. The van der Waals surface area contributed by atoms with Crippen LogP contribution in [0.15, 0.2) is 65.3 Å². The Hall–Kier alpha value is -3.26. The van der Waals surface area contributed by atoms with Gasteiger partial charge in [0.1, 0.15) is 11.6 Å². The van der Waals surface area contributed by atoms with Crippen molar-refractivity contribution in [1.82, 2.24) is 19.6 Å². The highest BCUT2D eigenvalue weighted by Crippen LogP contribution is 2.21. The molecule has 0 bridgehead atoms. The summed E-state index contributed by atoms with van der Waals surface area (Å²) in [7, 11) is 0. The molecule has 4 aromatic rings. The molecule has 146 valence electrons. The summed E-state index contributed by atoms with van der Waals surface area (Å²) in [4.78, 5) is 12.9. The second-order valence-electron chi connectivity index (χ2n) is 6.55. The third-order valence-corrected chi connectivity index (χ3v) is 5.00. The summed E-state index contributed by atoms with van der Waals surface area (Å²) >= 11 is 3.41.